The molecule has 3 N–H and O–H groups in total. The van der Waals surface area contributed by atoms with Crippen molar-refractivity contribution in [3.05, 3.63) is 59.7 Å². The van der Waals surface area contributed by atoms with Gasteiger partial charge in [-0.1, -0.05) is 38.1 Å². The molecule has 1 aliphatic rings. The van der Waals surface area contributed by atoms with Gasteiger partial charge in [0.1, 0.15) is 0 Å². The Morgan fingerprint density at radius 3 is 2.52 bits per heavy atom. The molecule has 146 valence electrons. The molecule has 5 nitrogen and oxygen atoms in total. The van der Waals surface area contributed by atoms with Crippen LogP contribution in [0.25, 0.3) is 0 Å². The summed E-state index contributed by atoms with van der Waals surface area (Å²) in [6.07, 6.45) is 0. The third kappa shape index (κ3) is 6.39. The molecule has 0 saturated carbocycles. The van der Waals surface area contributed by atoms with E-state index in [4.69, 9.17) is 10.5 Å². The van der Waals surface area contributed by atoms with Crippen molar-refractivity contribution in [2.75, 3.05) is 36.5 Å². The lowest BCUT2D eigenvalue weighted by atomic mass is 10.0. The molecule has 0 radical (unpaired) electrons. The highest BCUT2D eigenvalue weighted by Gasteiger charge is 2.10. The zero-order valence-electron chi connectivity index (χ0n) is 16.0. The quantitative estimate of drug-likeness (QED) is 0.383. The van der Waals surface area contributed by atoms with Crippen LogP contribution in [0.3, 0.4) is 0 Å². The summed E-state index contributed by atoms with van der Waals surface area (Å²) < 4.78 is 5.40. The number of nitrogens with zero attached hydrogens (tertiary/aromatic N) is 2. The summed E-state index contributed by atoms with van der Waals surface area (Å²) in [4.78, 5) is 6.80. The van der Waals surface area contributed by atoms with Gasteiger partial charge in [-0.25, -0.2) is 4.99 Å². The zero-order valence-corrected chi connectivity index (χ0v) is 18.4. The molecule has 3 rings (SSSR count). The minimum atomic E-state index is 0. The number of morpholine rings is 1. The van der Waals surface area contributed by atoms with Crippen molar-refractivity contribution in [2.24, 2.45) is 10.7 Å². The van der Waals surface area contributed by atoms with E-state index in [9.17, 15) is 0 Å². The van der Waals surface area contributed by atoms with Crippen LogP contribution >= 0.6 is 24.0 Å². The van der Waals surface area contributed by atoms with Crippen molar-refractivity contribution >= 4 is 41.3 Å². The molecule has 2 aromatic carbocycles. The summed E-state index contributed by atoms with van der Waals surface area (Å²) in [6, 6.07) is 16.8. The van der Waals surface area contributed by atoms with Gasteiger partial charge in [0.15, 0.2) is 5.96 Å². The van der Waals surface area contributed by atoms with Gasteiger partial charge in [0.25, 0.3) is 0 Å². The van der Waals surface area contributed by atoms with Crippen LogP contribution < -0.4 is 16.0 Å². The third-order valence-electron chi connectivity index (χ3n) is 4.57. The smallest absolute Gasteiger partial charge is 0.193 e. The van der Waals surface area contributed by atoms with Gasteiger partial charge in [0, 0.05) is 24.5 Å². The number of nitrogens with two attached hydrogens (primary N) is 1. The van der Waals surface area contributed by atoms with Crippen LogP contribution in [0.2, 0.25) is 0 Å². The standard InChI is InChI=1S/C21H28N4O.HI/c1-16(2)18-4-3-5-19(14-18)24-21(22)23-15-17-6-8-20(9-7-17)25-10-12-26-13-11-25;/h3-9,14,16H,10-13,15H2,1-2H3,(H3,22,23,24);1H. The lowest BCUT2D eigenvalue weighted by molar-refractivity contribution is 0.122. The molecule has 0 unspecified atom stereocenters. The lowest BCUT2D eigenvalue weighted by Crippen LogP contribution is -2.36. The molecule has 0 spiro atoms. The Labute approximate surface area is 179 Å². The Morgan fingerprint density at radius 2 is 1.85 bits per heavy atom. The van der Waals surface area contributed by atoms with Crippen molar-refractivity contribution in [1.82, 2.24) is 0 Å². The Bertz CT molecular complexity index is 740. The summed E-state index contributed by atoms with van der Waals surface area (Å²) >= 11 is 0. The zero-order chi connectivity index (χ0) is 18.4. The molecule has 0 bridgehead atoms. The second-order valence-corrected chi connectivity index (χ2v) is 6.87. The van der Waals surface area contributed by atoms with Gasteiger partial charge < -0.3 is 20.7 Å². The SMILES string of the molecule is CC(C)c1cccc(NC(N)=NCc2ccc(N3CCOCC3)cc2)c1.I. The fourth-order valence-corrected chi connectivity index (χ4v) is 2.97. The van der Waals surface area contributed by atoms with Crippen LogP contribution in [0.1, 0.15) is 30.9 Å². The topological polar surface area (TPSA) is 62.9 Å². The second-order valence-electron chi connectivity index (χ2n) is 6.87. The molecule has 1 aliphatic heterocycles. The molecular weight excluding hydrogens is 451 g/mol. The number of hydrogen-bond acceptors (Lipinski definition) is 3. The first-order valence-corrected chi connectivity index (χ1v) is 9.20. The maximum absolute atomic E-state index is 6.04. The molecule has 1 fully saturated rings. The van der Waals surface area contributed by atoms with Gasteiger partial charge >= 0.3 is 0 Å². The third-order valence-corrected chi connectivity index (χ3v) is 4.57. The number of guanidine groups is 1. The van der Waals surface area contributed by atoms with E-state index < -0.39 is 0 Å². The molecule has 1 heterocycles. The Hall–Kier alpha value is -1.80. The fourth-order valence-electron chi connectivity index (χ4n) is 2.97. The summed E-state index contributed by atoms with van der Waals surface area (Å²) in [5.41, 5.74) is 10.7. The first-order valence-electron chi connectivity index (χ1n) is 9.20. The average molecular weight is 480 g/mol. The first-order chi connectivity index (χ1) is 12.6. The number of aliphatic imine (C=N–C) groups is 1. The van der Waals surface area contributed by atoms with Crippen molar-refractivity contribution < 1.29 is 4.74 Å². The molecule has 0 atom stereocenters. The largest absolute Gasteiger partial charge is 0.378 e. The van der Waals surface area contributed by atoms with Crippen LogP contribution in [0.15, 0.2) is 53.5 Å². The van der Waals surface area contributed by atoms with Crippen LogP contribution in [-0.2, 0) is 11.3 Å². The molecule has 27 heavy (non-hydrogen) atoms. The molecule has 0 aliphatic carbocycles. The number of anilines is 2. The number of hydrogen-bond donors (Lipinski definition) is 2. The van der Waals surface area contributed by atoms with Gasteiger partial charge in [-0.05, 0) is 41.3 Å². The average Bonchev–Trinajstić information content (AvgIpc) is 2.68. The van der Waals surface area contributed by atoms with Crippen LogP contribution in [-0.4, -0.2) is 32.3 Å². The Balaban J connectivity index is 0.00000261. The van der Waals surface area contributed by atoms with Gasteiger partial charge in [-0.2, -0.15) is 0 Å². The summed E-state index contributed by atoms with van der Waals surface area (Å²) in [5, 5.41) is 3.18. The van der Waals surface area contributed by atoms with Crippen molar-refractivity contribution in [2.45, 2.75) is 26.3 Å². The van der Waals surface area contributed by atoms with Gasteiger partial charge in [-0.15, -0.1) is 24.0 Å². The van der Waals surface area contributed by atoms with Crippen LogP contribution in [0, 0.1) is 0 Å². The second kappa shape index (κ2) is 10.5. The predicted octanol–water partition coefficient (Wildman–Crippen LogP) is 4.19. The van der Waals surface area contributed by atoms with E-state index >= 15 is 0 Å². The predicted molar refractivity (Wildman–Crippen MR) is 124 cm³/mol. The highest BCUT2D eigenvalue weighted by molar-refractivity contribution is 14.0. The van der Waals surface area contributed by atoms with Crippen LogP contribution in [0.5, 0.6) is 0 Å². The molecular formula is C21H29IN4O. The summed E-state index contributed by atoms with van der Waals surface area (Å²) in [7, 11) is 0. The monoisotopic (exact) mass is 480 g/mol. The van der Waals surface area contributed by atoms with Crippen molar-refractivity contribution in [3.8, 4) is 0 Å². The van der Waals surface area contributed by atoms with E-state index in [2.05, 4.69) is 65.5 Å². The minimum absolute atomic E-state index is 0. The number of ether oxygens (including phenoxy) is 1. The molecule has 0 aromatic heterocycles. The number of nitrogens with one attached hydrogen (secondary N) is 1. The van der Waals surface area contributed by atoms with Gasteiger partial charge in [-0.3, -0.25) is 0 Å². The van der Waals surface area contributed by atoms with Crippen molar-refractivity contribution in [3.63, 3.8) is 0 Å². The van der Waals surface area contributed by atoms with Gasteiger partial charge in [0.05, 0.1) is 19.8 Å². The van der Waals surface area contributed by atoms with Crippen molar-refractivity contribution in [1.29, 1.82) is 0 Å². The number of benzene rings is 2. The highest BCUT2D eigenvalue weighted by Crippen LogP contribution is 2.19. The maximum Gasteiger partial charge on any atom is 0.193 e. The Morgan fingerprint density at radius 1 is 1.15 bits per heavy atom. The van der Waals surface area contributed by atoms with Gasteiger partial charge in [0.2, 0.25) is 0 Å². The van der Waals surface area contributed by atoms with E-state index in [-0.39, 0.29) is 24.0 Å². The normalized spacial score (nSPS) is 14.8. The van der Waals surface area contributed by atoms with E-state index in [0.717, 1.165) is 37.6 Å². The fraction of sp³-hybridized carbons (Fsp3) is 0.381. The lowest BCUT2D eigenvalue weighted by Gasteiger charge is -2.28. The molecule has 6 heteroatoms. The minimum Gasteiger partial charge on any atom is -0.378 e. The van der Waals surface area contributed by atoms with E-state index in [1.807, 2.05) is 12.1 Å². The number of rotatable bonds is 5. The first kappa shape index (κ1) is 21.5. The molecule has 2 aromatic rings. The Kier molecular flexibility index (Phi) is 8.37. The molecule has 1 saturated heterocycles. The van der Waals surface area contributed by atoms with E-state index in [1.165, 1.54) is 11.3 Å². The number of halogens is 1. The summed E-state index contributed by atoms with van der Waals surface area (Å²) in [5.74, 6) is 0.919. The van der Waals surface area contributed by atoms with Crippen LogP contribution in [0.4, 0.5) is 11.4 Å². The van der Waals surface area contributed by atoms with E-state index in [1.54, 1.807) is 0 Å². The van der Waals surface area contributed by atoms with E-state index in [0.29, 0.717) is 18.4 Å². The summed E-state index contributed by atoms with van der Waals surface area (Å²) in [6.45, 7) is 8.41. The maximum atomic E-state index is 6.04. The highest BCUT2D eigenvalue weighted by atomic mass is 127. The molecule has 0 amide bonds.